The summed E-state index contributed by atoms with van der Waals surface area (Å²) in [4.78, 5) is 20.2. The highest BCUT2D eigenvalue weighted by Crippen LogP contribution is 2.39. The van der Waals surface area contributed by atoms with Crippen molar-refractivity contribution in [3.8, 4) is 0 Å². The molecule has 1 aliphatic rings. The lowest BCUT2D eigenvalue weighted by molar-refractivity contribution is -0.144. The first kappa shape index (κ1) is 14.3. The highest BCUT2D eigenvalue weighted by atomic mass is 35.5. The van der Waals surface area contributed by atoms with Crippen LogP contribution in [-0.2, 0) is 9.53 Å². The van der Waals surface area contributed by atoms with Gasteiger partial charge in [-0.15, -0.1) is 0 Å². The smallest absolute Gasteiger partial charge is 0.306 e. The van der Waals surface area contributed by atoms with Crippen molar-refractivity contribution in [3.63, 3.8) is 0 Å². The molecule has 1 aliphatic carbocycles. The standard InChI is InChI=1S/C15H18ClN3O2/c1-2-21-13(20)8-10-3-4-11(7-10)15-18-9-12-14(16)17-5-6-19(12)15/h5-6,9-11H,2-4,7-8H2,1H3/t10-,11+/m1/s1. The van der Waals surface area contributed by atoms with Gasteiger partial charge in [0.05, 0.1) is 12.8 Å². The van der Waals surface area contributed by atoms with Crippen LogP contribution >= 0.6 is 11.6 Å². The molecule has 0 saturated heterocycles. The number of ether oxygens (including phenoxy) is 1. The molecule has 3 rings (SSSR count). The number of halogens is 1. The minimum absolute atomic E-state index is 0.0941. The van der Waals surface area contributed by atoms with E-state index in [1.54, 1.807) is 12.4 Å². The van der Waals surface area contributed by atoms with E-state index in [0.717, 1.165) is 30.6 Å². The summed E-state index contributed by atoms with van der Waals surface area (Å²) in [6, 6.07) is 0. The van der Waals surface area contributed by atoms with Crippen molar-refractivity contribution in [2.45, 2.75) is 38.5 Å². The Hall–Kier alpha value is -1.62. The molecule has 112 valence electrons. The number of carbonyl (C=O) groups is 1. The Balaban J connectivity index is 1.73. The molecular weight excluding hydrogens is 290 g/mol. The fourth-order valence-corrected chi connectivity index (χ4v) is 3.36. The van der Waals surface area contributed by atoms with E-state index in [1.165, 1.54) is 0 Å². The van der Waals surface area contributed by atoms with Crippen LogP contribution in [0.25, 0.3) is 5.52 Å². The van der Waals surface area contributed by atoms with Crippen LogP contribution in [0.3, 0.4) is 0 Å². The van der Waals surface area contributed by atoms with E-state index in [2.05, 4.69) is 9.97 Å². The number of carbonyl (C=O) groups excluding carboxylic acids is 1. The number of nitrogens with zero attached hydrogens (tertiary/aromatic N) is 3. The maximum Gasteiger partial charge on any atom is 0.306 e. The van der Waals surface area contributed by atoms with Crippen molar-refractivity contribution >= 4 is 23.1 Å². The first-order chi connectivity index (χ1) is 10.2. The largest absolute Gasteiger partial charge is 0.466 e. The molecule has 6 heteroatoms. The minimum Gasteiger partial charge on any atom is -0.466 e. The third kappa shape index (κ3) is 2.88. The van der Waals surface area contributed by atoms with Gasteiger partial charge in [-0.2, -0.15) is 0 Å². The predicted octanol–water partition coefficient (Wildman–Crippen LogP) is 3.22. The summed E-state index contributed by atoms with van der Waals surface area (Å²) in [7, 11) is 0. The van der Waals surface area contributed by atoms with E-state index in [-0.39, 0.29) is 5.97 Å². The zero-order valence-electron chi connectivity index (χ0n) is 12.0. The van der Waals surface area contributed by atoms with Crippen molar-refractivity contribution in [1.29, 1.82) is 0 Å². The molecule has 0 unspecified atom stereocenters. The monoisotopic (exact) mass is 307 g/mol. The number of fused-ring (bicyclic) bond motifs is 1. The molecule has 2 heterocycles. The number of esters is 1. The molecule has 5 nitrogen and oxygen atoms in total. The second kappa shape index (κ2) is 6.02. The SMILES string of the molecule is CCOC(=O)C[C@@H]1CC[C@H](c2ncc3c(Cl)nccn23)C1. The first-order valence-corrected chi connectivity index (χ1v) is 7.70. The average Bonchev–Trinajstić information content (AvgIpc) is 3.06. The second-order valence-electron chi connectivity index (χ2n) is 5.47. The number of aromatic nitrogens is 3. The zero-order valence-corrected chi connectivity index (χ0v) is 12.7. The first-order valence-electron chi connectivity index (χ1n) is 7.32. The zero-order chi connectivity index (χ0) is 14.8. The molecule has 2 aromatic heterocycles. The van der Waals surface area contributed by atoms with E-state index in [9.17, 15) is 4.79 Å². The van der Waals surface area contributed by atoms with Gasteiger partial charge in [-0.3, -0.25) is 9.20 Å². The molecule has 21 heavy (non-hydrogen) atoms. The van der Waals surface area contributed by atoms with Gasteiger partial charge < -0.3 is 4.74 Å². The minimum atomic E-state index is -0.0941. The van der Waals surface area contributed by atoms with Crippen LogP contribution in [0.2, 0.25) is 5.15 Å². The van der Waals surface area contributed by atoms with Crippen molar-refractivity contribution in [2.24, 2.45) is 5.92 Å². The maximum absolute atomic E-state index is 11.6. The Bertz CT molecular complexity index is 655. The lowest BCUT2D eigenvalue weighted by Gasteiger charge is -2.10. The van der Waals surface area contributed by atoms with E-state index in [0.29, 0.717) is 30.0 Å². The Morgan fingerprint density at radius 1 is 1.48 bits per heavy atom. The van der Waals surface area contributed by atoms with E-state index < -0.39 is 0 Å². The third-order valence-corrected chi connectivity index (χ3v) is 4.40. The molecule has 0 aromatic carbocycles. The molecule has 0 aliphatic heterocycles. The van der Waals surface area contributed by atoms with Gasteiger partial charge in [0.2, 0.25) is 0 Å². The quantitative estimate of drug-likeness (QED) is 0.814. The molecule has 1 saturated carbocycles. The van der Waals surface area contributed by atoms with Crippen LogP contribution in [0.4, 0.5) is 0 Å². The summed E-state index contributed by atoms with van der Waals surface area (Å²) in [5, 5.41) is 0.470. The highest BCUT2D eigenvalue weighted by Gasteiger charge is 2.30. The van der Waals surface area contributed by atoms with Gasteiger partial charge in [-0.1, -0.05) is 11.6 Å². The van der Waals surface area contributed by atoms with E-state index >= 15 is 0 Å². The van der Waals surface area contributed by atoms with E-state index in [4.69, 9.17) is 16.3 Å². The normalized spacial score (nSPS) is 21.8. The lowest BCUT2D eigenvalue weighted by atomic mass is 10.0. The van der Waals surface area contributed by atoms with Crippen LogP contribution in [0.1, 0.15) is 44.3 Å². The van der Waals surface area contributed by atoms with Crippen LogP contribution in [0, 0.1) is 5.92 Å². The van der Waals surface area contributed by atoms with Gasteiger partial charge in [0, 0.05) is 24.7 Å². The Morgan fingerprint density at radius 2 is 2.33 bits per heavy atom. The molecule has 1 fully saturated rings. The molecule has 2 atom stereocenters. The average molecular weight is 308 g/mol. The van der Waals surface area contributed by atoms with Crippen molar-refractivity contribution in [2.75, 3.05) is 6.61 Å². The van der Waals surface area contributed by atoms with Gasteiger partial charge in [-0.05, 0) is 32.1 Å². The summed E-state index contributed by atoms with van der Waals surface area (Å²) in [6.45, 7) is 2.29. The summed E-state index contributed by atoms with van der Waals surface area (Å²) in [6.07, 6.45) is 8.91. The number of hydrogen-bond donors (Lipinski definition) is 0. The molecule has 0 radical (unpaired) electrons. The fraction of sp³-hybridized carbons (Fsp3) is 0.533. The summed E-state index contributed by atoms with van der Waals surface area (Å²) < 4.78 is 7.04. The highest BCUT2D eigenvalue weighted by molar-refractivity contribution is 6.32. The van der Waals surface area contributed by atoms with Gasteiger partial charge >= 0.3 is 5.97 Å². The molecule has 0 amide bonds. The van der Waals surface area contributed by atoms with Crippen molar-refractivity contribution in [1.82, 2.24) is 14.4 Å². The summed E-state index contributed by atoms with van der Waals surface area (Å²) in [5.41, 5.74) is 0.836. The van der Waals surface area contributed by atoms with Gasteiger partial charge in [0.25, 0.3) is 0 Å². The second-order valence-corrected chi connectivity index (χ2v) is 5.83. The van der Waals surface area contributed by atoms with Crippen molar-refractivity contribution < 1.29 is 9.53 Å². The summed E-state index contributed by atoms with van der Waals surface area (Å²) in [5.74, 6) is 1.67. The number of hydrogen-bond acceptors (Lipinski definition) is 4. The third-order valence-electron chi connectivity index (χ3n) is 4.11. The molecule has 0 bridgehead atoms. The van der Waals surface area contributed by atoms with Crippen LogP contribution < -0.4 is 0 Å². The lowest BCUT2D eigenvalue weighted by Crippen LogP contribution is -2.09. The Morgan fingerprint density at radius 3 is 3.14 bits per heavy atom. The molecule has 0 spiro atoms. The fourth-order valence-electron chi connectivity index (χ4n) is 3.17. The number of imidazole rings is 1. The van der Waals surface area contributed by atoms with Crippen LogP contribution in [0.15, 0.2) is 18.6 Å². The van der Waals surface area contributed by atoms with Gasteiger partial charge in [0.15, 0.2) is 5.15 Å². The Kier molecular flexibility index (Phi) is 4.10. The molecular formula is C15H18ClN3O2. The van der Waals surface area contributed by atoms with Gasteiger partial charge in [0.1, 0.15) is 11.3 Å². The van der Waals surface area contributed by atoms with Gasteiger partial charge in [-0.25, -0.2) is 9.97 Å². The van der Waals surface area contributed by atoms with Crippen LogP contribution in [0.5, 0.6) is 0 Å². The van der Waals surface area contributed by atoms with Crippen LogP contribution in [-0.4, -0.2) is 26.9 Å². The summed E-state index contributed by atoms with van der Waals surface area (Å²) >= 11 is 6.08. The van der Waals surface area contributed by atoms with Crippen molar-refractivity contribution in [3.05, 3.63) is 29.6 Å². The predicted molar refractivity (Wildman–Crippen MR) is 79.3 cm³/mol. The topological polar surface area (TPSA) is 56.5 Å². The molecule has 0 N–H and O–H groups in total. The van der Waals surface area contributed by atoms with E-state index in [1.807, 2.05) is 17.5 Å². The maximum atomic E-state index is 11.6. The number of rotatable bonds is 4. The molecule has 2 aromatic rings. The Labute approximate surface area is 128 Å².